The van der Waals surface area contributed by atoms with Gasteiger partial charge in [-0.25, -0.2) is 4.98 Å². The second-order valence-corrected chi connectivity index (χ2v) is 5.70. The number of rotatable bonds is 5. The maximum absolute atomic E-state index is 11.3. The van der Waals surface area contributed by atoms with Crippen molar-refractivity contribution in [3.05, 3.63) is 59.3 Å². The van der Waals surface area contributed by atoms with E-state index in [-0.39, 0.29) is 12.5 Å². The number of pyridine rings is 1. The lowest BCUT2D eigenvalue weighted by Crippen LogP contribution is -2.36. The molecule has 0 radical (unpaired) electrons. The van der Waals surface area contributed by atoms with E-state index in [2.05, 4.69) is 16.0 Å². The van der Waals surface area contributed by atoms with E-state index >= 15 is 0 Å². The molecule has 0 fully saturated rings. The van der Waals surface area contributed by atoms with E-state index in [0.717, 1.165) is 24.1 Å². The Morgan fingerprint density at radius 3 is 2.96 bits per heavy atom. The Morgan fingerprint density at radius 2 is 2.17 bits per heavy atom. The van der Waals surface area contributed by atoms with Gasteiger partial charge in [-0.3, -0.25) is 9.69 Å². The van der Waals surface area contributed by atoms with Gasteiger partial charge in [0.1, 0.15) is 0 Å². The number of hydrogen-bond acceptors (Lipinski definition) is 4. The van der Waals surface area contributed by atoms with Gasteiger partial charge in [-0.05, 0) is 23.6 Å². The van der Waals surface area contributed by atoms with Gasteiger partial charge < -0.3 is 9.84 Å². The van der Waals surface area contributed by atoms with Crippen LogP contribution in [0.3, 0.4) is 0 Å². The fourth-order valence-electron chi connectivity index (χ4n) is 3.24. The summed E-state index contributed by atoms with van der Waals surface area (Å²) in [6.07, 6.45) is 2.72. The second kappa shape index (κ2) is 6.79. The fourth-order valence-corrected chi connectivity index (χ4v) is 3.24. The number of carboxylic acids is 1. The summed E-state index contributed by atoms with van der Waals surface area (Å²) in [7, 11) is 1.60. The Labute approximate surface area is 135 Å². The normalized spacial score (nSPS) is 17.5. The minimum Gasteiger partial charge on any atom is -0.481 e. The van der Waals surface area contributed by atoms with Gasteiger partial charge in [-0.2, -0.15) is 0 Å². The molecule has 1 unspecified atom stereocenters. The molecule has 5 heteroatoms. The summed E-state index contributed by atoms with van der Waals surface area (Å²) in [4.78, 5) is 17.8. The van der Waals surface area contributed by atoms with E-state index < -0.39 is 5.97 Å². The summed E-state index contributed by atoms with van der Waals surface area (Å²) in [5.74, 6) is -0.185. The molecule has 3 rings (SSSR count). The molecule has 2 aromatic rings. The summed E-state index contributed by atoms with van der Waals surface area (Å²) in [5.41, 5.74) is 3.34. The zero-order chi connectivity index (χ0) is 16.2. The van der Waals surface area contributed by atoms with Crippen molar-refractivity contribution >= 4 is 5.97 Å². The zero-order valence-corrected chi connectivity index (χ0v) is 13.1. The standard InChI is InChI=1S/C18H20N2O3/c1-23-18-14(6-4-9-19-18)12-20-10-8-13-5-2-3-7-15(13)16(20)11-17(21)22/h2-7,9,16H,8,10-12H2,1H3,(H,21,22). The van der Waals surface area contributed by atoms with Gasteiger partial charge in [0.25, 0.3) is 0 Å². The van der Waals surface area contributed by atoms with Crippen LogP contribution in [0.1, 0.15) is 29.2 Å². The van der Waals surface area contributed by atoms with Crippen LogP contribution in [0.5, 0.6) is 5.88 Å². The van der Waals surface area contributed by atoms with E-state index in [0.29, 0.717) is 12.4 Å². The van der Waals surface area contributed by atoms with Crippen LogP contribution in [0.4, 0.5) is 0 Å². The van der Waals surface area contributed by atoms with Crippen LogP contribution >= 0.6 is 0 Å². The van der Waals surface area contributed by atoms with Crippen LogP contribution in [0.2, 0.25) is 0 Å². The van der Waals surface area contributed by atoms with Crippen molar-refractivity contribution in [1.82, 2.24) is 9.88 Å². The number of nitrogens with zero attached hydrogens (tertiary/aromatic N) is 2. The van der Waals surface area contributed by atoms with Crippen molar-refractivity contribution in [3.63, 3.8) is 0 Å². The highest BCUT2D eigenvalue weighted by Crippen LogP contribution is 2.34. The van der Waals surface area contributed by atoms with Crippen LogP contribution in [0.15, 0.2) is 42.6 Å². The molecule has 120 valence electrons. The lowest BCUT2D eigenvalue weighted by Gasteiger charge is -2.36. The molecule has 0 spiro atoms. The van der Waals surface area contributed by atoms with Crippen molar-refractivity contribution in [3.8, 4) is 5.88 Å². The molecular formula is C18H20N2O3. The van der Waals surface area contributed by atoms with Crippen molar-refractivity contribution < 1.29 is 14.6 Å². The average molecular weight is 312 g/mol. The molecule has 2 heterocycles. The van der Waals surface area contributed by atoms with Gasteiger partial charge in [0.2, 0.25) is 5.88 Å². The highest BCUT2D eigenvalue weighted by Gasteiger charge is 2.29. The molecule has 0 saturated heterocycles. The Balaban J connectivity index is 1.90. The number of aliphatic carboxylic acids is 1. The lowest BCUT2D eigenvalue weighted by atomic mass is 9.90. The van der Waals surface area contributed by atoms with Gasteiger partial charge in [0.15, 0.2) is 0 Å². The molecule has 1 aromatic heterocycles. The number of hydrogen-bond donors (Lipinski definition) is 1. The minimum absolute atomic E-state index is 0.0968. The van der Waals surface area contributed by atoms with E-state index in [1.54, 1.807) is 13.3 Å². The van der Waals surface area contributed by atoms with E-state index in [4.69, 9.17) is 4.74 Å². The second-order valence-electron chi connectivity index (χ2n) is 5.70. The number of fused-ring (bicyclic) bond motifs is 1. The highest BCUT2D eigenvalue weighted by atomic mass is 16.5. The van der Waals surface area contributed by atoms with Crippen molar-refractivity contribution in [2.24, 2.45) is 0 Å². The first kappa shape index (κ1) is 15.5. The van der Waals surface area contributed by atoms with Gasteiger partial charge in [-0.15, -0.1) is 0 Å². The Hall–Kier alpha value is -2.40. The van der Waals surface area contributed by atoms with Crippen LogP contribution in [0, 0.1) is 0 Å². The Bertz CT molecular complexity index is 702. The van der Waals surface area contributed by atoms with Crippen molar-refractivity contribution in [1.29, 1.82) is 0 Å². The number of carbonyl (C=O) groups is 1. The quantitative estimate of drug-likeness (QED) is 0.919. The molecular weight excluding hydrogens is 292 g/mol. The van der Waals surface area contributed by atoms with Gasteiger partial charge in [-0.1, -0.05) is 30.3 Å². The molecule has 0 saturated carbocycles. The molecule has 1 aliphatic heterocycles. The van der Waals surface area contributed by atoms with Crippen LogP contribution in [0.25, 0.3) is 0 Å². The maximum atomic E-state index is 11.3. The predicted molar refractivity (Wildman–Crippen MR) is 86.3 cm³/mol. The first-order chi connectivity index (χ1) is 11.2. The third kappa shape index (κ3) is 3.35. The number of benzene rings is 1. The smallest absolute Gasteiger partial charge is 0.305 e. The van der Waals surface area contributed by atoms with Crippen LogP contribution < -0.4 is 4.74 Å². The monoisotopic (exact) mass is 312 g/mol. The molecule has 1 aliphatic rings. The van der Waals surface area contributed by atoms with Crippen molar-refractivity contribution in [2.45, 2.75) is 25.4 Å². The number of carboxylic acid groups (broad SMARTS) is 1. The number of ether oxygens (including phenoxy) is 1. The van der Waals surface area contributed by atoms with E-state index in [1.807, 2.05) is 30.3 Å². The topological polar surface area (TPSA) is 62.7 Å². The average Bonchev–Trinajstić information content (AvgIpc) is 2.57. The molecule has 0 aliphatic carbocycles. The third-order valence-electron chi connectivity index (χ3n) is 4.31. The van der Waals surface area contributed by atoms with Gasteiger partial charge in [0.05, 0.1) is 13.5 Å². The zero-order valence-electron chi connectivity index (χ0n) is 13.1. The summed E-state index contributed by atoms with van der Waals surface area (Å²) in [6, 6.07) is 11.8. The van der Waals surface area contributed by atoms with Gasteiger partial charge in [0, 0.05) is 30.9 Å². The van der Waals surface area contributed by atoms with Crippen molar-refractivity contribution in [2.75, 3.05) is 13.7 Å². The SMILES string of the molecule is COc1ncccc1CN1CCc2ccccc2C1CC(=O)O. The molecule has 1 aromatic carbocycles. The first-order valence-electron chi connectivity index (χ1n) is 7.70. The number of aromatic nitrogens is 1. The molecule has 0 bridgehead atoms. The van der Waals surface area contributed by atoms with E-state index in [1.165, 1.54) is 5.56 Å². The van der Waals surface area contributed by atoms with Gasteiger partial charge >= 0.3 is 5.97 Å². The third-order valence-corrected chi connectivity index (χ3v) is 4.31. The summed E-state index contributed by atoms with van der Waals surface area (Å²) >= 11 is 0. The Morgan fingerprint density at radius 1 is 1.35 bits per heavy atom. The molecule has 5 nitrogen and oxygen atoms in total. The minimum atomic E-state index is -0.783. The summed E-state index contributed by atoms with van der Waals surface area (Å²) in [6.45, 7) is 1.45. The summed E-state index contributed by atoms with van der Waals surface area (Å²) in [5, 5.41) is 9.31. The molecule has 1 atom stereocenters. The highest BCUT2D eigenvalue weighted by molar-refractivity contribution is 5.68. The summed E-state index contributed by atoms with van der Waals surface area (Å²) < 4.78 is 5.32. The van der Waals surface area contributed by atoms with E-state index in [9.17, 15) is 9.90 Å². The first-order valence-corrected chi connectivity index (χ1v) is 7.70. The van der Waals surface area contributed by atoms with Crippen LogP contribution in [-0.2, 0) is 17.8 Å². The largest absolute Gasteiger partial charge is 0.481 e. The van der Waals surface area contributed by atoms with Crippen LogP contribution in [-0.4, -0.2) is 34.6 Å². The predicted octanol–water partition coefficient (Wildman–Crippen LogP) is 2.66. The Kier molecular flexibility index (Phi) is 4.57. The molecule has 0 amide bonds. The maximum Gasteiger partial charge on any atom is 0.305 e. The molecule has 23 heavy (non-hydrogen) atoms. The lowest BCUT2D eigenvalue weighted by molar-refractivity contribution is -0.138. The number of methoxy groups -OCH3 is 1. The fraction of sp³-hybridized carbons (Fsp3) is 0.333. The molecule has 1 N–H and O–H groups in total.